The van der Waals surface area contributed by atoms with Gasteiger partial charge in [-0.15, -0.1) is 11.3 Å². The van der Waals surface area contributed by atoms with Crippen LogP contribution in [0.25, 0.3) is 10.6 Å². The first-order chi connectivity index (χ1) is 11.3. The zero-order chi connectivity index (χ0) is 15.6. The van der Waals surface area contributed by atoms with Crippen molar-refractivity contribution in [3.05, 3.63) is 76.3 Å². The highest BCUT2D eigenvalue weighted by molar-refractivity contribution is 7.13. The molecule has 0 atom stereocenters. The van der Waals surface area contributed by atoms with Crippen molar-refractivity contribution in [3.8, 4) is 10.6 Å². The molecule has 2 nitrogen and oxygen atoms in total. The molecular formula is C20H20N2S. The minimum atomic E-state index is 0.941. The van der Waals surface area contributed by atoms with Crippen molar-refractivity contribution in [1.29, 1.82) is 0 Å². The Hall–Kier alpha value is -1.97. The van der Waals surface area contributed by atoms with Crippen LogP contribution < -0.4 is 0 Å². The van der Waals surface area contributed by atoms with Crippen LogP contribution in [-0.2, 0) is 19.5 Å². The molecule has 3 aromatic rings. The number of fused-ring (bicyclic) bond motifs is 1. The molecule has 0 unspecified atom stereocenters. The summed E-state index contributed by atoms with van der Waals surface area (Å²) in [6.07, 6.45) is 1.14. The SMILES string of the molecule is Cc1ccccc1-c1nc(CN2CCc3ccccc3C2)cs1. The lowest BCUT2D eigenvalue weighted by molar-refractivity contribution is 0.243. The maximum Gasteiger partial charge on any atom is 0.123 e. The zero-order valence-electron chi connectivity index (χ0n) is 13.3. The summed E-state index contributed by atoms with van der Waals surface area (Å²) in [4.78, 5) is 7.37. The summed E-state index contributed by atoms with van der Waals surface area (Å²) in [6.45, 7) is 5.25. The minimum absolute atomic E-state index is 0.941. The second kappa shape index (κ2) is 6.26. The Labute approximate surface area is 141 Å². The van der Waals surface area contributed by atoms with Crippen LogP contribution in [0.3, 0.4) is 0 Å². The van der Waals surface area contributed by atoms with Crippen molar-refractivity contribution >= 4 is 11.3 Å². The van der Waals surface area contributed by atoms with Gasteiger partial charge in [0.2, 0.25) is 0 Å². The summed E-state index contributed by atoms with van der Waals surface area (Å²) in [5, 5.41) is 3.35. The molecule has 23 heavy (non-hydrogen) atoms. The Balaban J connectivity index is 1.50. The van der Waals surface area contributed by atoms with Crippen LogP contribution in [0.2, 0.25) is 0 Å². The van der Waals surface area contributed by atoms with E-state index in [1.807, 2.05) is 0 Å². The van der Waals surface area contributed by atoms with Gasteiger partial charge in [0.25, 0.3) is 0 Å². The van der Waals surface area contributed by atoms with Crippen molar-refractivity contribution in [3.63, 3.8) is 0 Å². The first-order valence-electron chi connectivity index (χ1n) is 8.09. The van der Waals surface area contributed by atoms with E-state index in [2.05, 4.69) is 65.7 Å². The van der Waals surface area contributed by atoms with Crippen molar-refractivity contribution in [1.82, 2.24) is 9.88 Å². The van der Waals surface area contributed by atoms with Crippen LogP contribution >= 0.6 is 11.3 Å². The molecule has 1 aliphatic rings. The maximum absolute atomic E-state index is 4.87. The fourth-order valence-electron chi connectivity index (χ4n) is 3.23. The van der Waals surface area contributed by atoms with Crippen LogP contribution in [0.4, 0.5) is 0 Å². The monoisotopic (exact) mass is 320 g/mol. The van der Waals surface area contributed by atoms with Gasteiger partial charge in [-0.05, 0) is 30.0 Å². The summed E-state index contributed by atoms with van der Waals surface area (Å²) in [5.41, 5.74) is 6.71. The number of thiazole rings is 1. The highest BCUT2D eigenvalue weighted by Crippen LogP contribution is 2.28. The molecule has 2 heterocycles. The van der Waals surface area contributed by atoms with E-state index in [1.165, 1.54) is 27.9 Å². The predicted octanol–water partition coefficient (Wildman–Crippen LogP) is 4.68. The van der Waals surface area contributed by atoms with Crippen molar-refractivity contribution < 1.29 is 0 Å². The Morgan fingerprint density at radius 1 is 1.04 bits per heavy atom. The molecule has 3 heteroatoms. The third-order valence-corrected chi connectivity index (χ3v) is 5.45. The van der Waals surface area contributed by atoms with E-state index in [0.717, 1.165) is 31.1 Å². The molecule has 1 aromatic heterocycles. The summed E-state index contributed by atoms with van der Waals surface area (Å²) >= 11 is 1.75. The molecule has 0 radical (unpaired) electrons. The fraction of sp³-hybridized carbons (Fsp3) is 0.250. The van der Waals surface area contributed by atoms with Gasteiger partial charge in [0, 0.05) is 30.6 Å². The number of hydrogen-bond acceptors (Lipinski definition) is 3. The molecule has 0 spiro atoms. The standard InChI is InChI=1S/C20H20N2S/c1-15-6-2-5-9-19(15)20-21-18(14-23-20)13-22-11-10-16-7-3-4-8-17(16)12-22/h2-9,14H,10-13H2,1H3. The highest BCUT2D eigenvalue weighted by atomic mass is 32.1. The summed E-state index contributed by atoms with van der Waals surface area (Å²) in [6, 6.07) is 17.3. The first-order valence-corrected chi connectivity index (χ1v) is 8.97. The van der Waals surface area contributed by atoms with E-state index in [0.29, 0.717) is 0 Å². The van der Waals surface area contributed by atoms with Crippen molar-refractivity contribution in [2.45, 2.75) is 26.4 Å². The number of aromatic nitrogens is 1. The second-order valence-electron chi connectivity index (χ2n) is 6.19. The van der Waals surface area contributed by atoms with E-state index >= 15 is 0 Å². The van der Waals surface area contributed by atoms with E-state index < -0.39 is 0 Å². The molecule has 2 aromatic carbocycles. The number of rotatable bonds is 3. The molecule has 0 aliphatic carbocycles. The molecule has 0 fully saturated rings. The lowest BCUT2D eigenvalue weighted by Crippen LogP contribution is -2.30. The van der Waals surface area contributed by atoms with E-state index in [4.69, 9.17) is 4.98 Å². The van der Waals surface area contributed by atoms with Crippen molar-refractivity contribution in [2.24, 2.45) is 0 Å². The molecule has 0 saturated heterocycles. The Kier molecular flexibility index (Phi) is 3.98. The third kappa shape index (κ3) is 3.07. The van der Waals surface area contributed by atoms with E-state index in [-0.39, 0.29) is 0 Å². The molecule has 0 N–H and O–H groups in total. The lowest BCUT2D eigenvalue weighted by atomic mass is 10.00. The molecule has 1 aliphatic heterocycles. The highest BCUT2D eigenvalue weighted by Gasteiger charge is 2.17. The van der Waals surface area contributed by atoms with Crippen LogP contribution in [0.5, 0.6) is 0 Å². The van der Waals surface area contributed by atoms with Crippen LogP contribution in [-0.4, -0.2) is 16.4 Å². The van der Waals surface area contributed by atoms with Gasteiger partial charge >= 0.3 is 0 Å². The van der Waals surface area contributed by atoms with E-state index in [1.54, 1.807) is 11.3 Å². The minimum Gasteiger partial charge on any atom is -0.293 e. The van der Waals surface area contributed by atoms with Gasteiger partial charge in [0.05, 0.1) is 5.69 Å². The first kappa shape index (κ1) is 14.6. The molecule has 116 valence electrons. The van der Waals surface area contributed by atoms with Gasteiger partial charge in [0.1, 0.15) is 5.01 Å². The fourth-order valence-corrected chi connectivity index (χ4v) is 4.14. The second-order valence-corrected chi connectivity index (χ2v) is 7.05. The molecule has 0 saturated carbocycles. The van der Waals surface area contributed by atoms with Crippen LogP contribution in [0.1, 0.15) is 22.4 Å². The smallest absolute Gasteiger partial charge is 0.123 e. The lowest BCUT2D eigenvalue weighted by Gasteiger charge is -2.27. The third-order valence-electron chi connectivity index (χ3n) is 4.52. The largest absolute Gasteiger partial charge is 0.293 e. The molecule has 4 rings (SSSR count). The quantitative estimate of drug-likeness (QED) is 0.697. The average molecular weight is 320 g/mol. The molecular weight excluding hydrogens is 300 g/mol. The van der Waals surface area contributed by atoms with Crippen molar-refractivity contribution in [2.75, 3.05) is 6.54 Å². The molecule has 0 bridgehead atoms. The van der Waals surface area contributed by atoms with Crippen LogP contribution in [0, 0.1) is 6.92 Å². The van der Waals surface area contributed by atoms with Gasteiger partial charge < -0.3 is 0 Å². The zero-order valence-corrected chi connectivity index (χ0v) is 14.1. The summed E-state index contributed by atoms with van der Waals surface area (Å²) < 4.78 is 0. The topological polar surface area (TPSA) is 16.1 Å². The average Bonchev–Trinajstić information content (AvgIpc) is 3.03. The van der Waals surface area contributed by atoms with Gasteiger partial charge in [-0.2, -0.15) is 0 Å². The maximum atomic E-state index is 4.87. The number of hydrogen-bond donors (Lipinski definition) is 0. The summed E-state index contributed by atoms with van der Waals surface area (Å²) in [7, 11) is 0. The molecule has 0 amide bonds. The normalized spacial score (nSPS) is 14.7. The Morgan fingerprint density at radius 3 is 2.70 bits per heavy atom. The number of benzene rings is 2. The summed E-state index contributed by atoms with van der Waals surface area (Å²) in [5.74, 6) is 0. The van der Waals surface area contributed by atoms with Gasteiger partial charge in [-0.25, -0.2) is 4.98 Å². The van der Waals surface area contributed by atoms with Crippen LogP contribution in [0.15, 0.2) is 53.9 Å². The van der Waals surface area contributed by atoms with Gasteiger partial charge in [-0.3, -0.25) is 4.90 Å². The van der Waals surface area contributed by atoms with Gasteiger partial charge in [0.15, 0.2) is 0 Å². The number of aryl methyl sites for hydroxylation is 1. The predicted molar refractivity (Wildman–Crippen MR) is 96.5 cm³/mol. The van der Waals surface area contributed by atoms with Gasteiger partial charge in [-0.1, -0.05) is 48.5 Å². The van der Waals surface area contributed by atoms with E-state index in [9.17, 15) is 0 Å². The number of nitrogens with zero attached hydrogens (tertiary/aromatic N) is 2. The Morgan fingerprint density at radius 2 is 1.83 bits per heavy atom. The Bertz CT molecular complexity index is 822.